The second kappa shape index (κ2) is 12.7. The van der Waals surface area contributed by atoms with Crippen LogP contribution < -0.4 is 9.64 Å². The third kappa shape index (κ3) is 6.74. The van der Waals surface area contributed by atoms with Gasteiger partial charge < -0.3 is 14.7 Å². The Morgan fingerprint density at radius 3 is 2.50 bits per heavy atom. The van der Waals surface area contributed by atoms with Crippen LogP contribution in [0.5, 0.6) is 5.75 Å². The Kier molecular flexibility index (Phi) is 8.86. The van der Waals surface area contributed by atoms with Crippen LogP contribution in [0.25, 0.3) is 0 Å². The number of aromatic nitrogens is 3. The van der Waals surface area contributed by atoms with Crippen molar-refractivity contribution in [3.05, 3.63) is 71.0 Å². The highest BCUT2D eigenvalue weighted by atomic mass is 16.5. The van der Waals surface area contributed by atoms with Crippen molar-refractivity contribution in [2.24, 2.45) is 18.9 Å². The first-order valence-corrected chi connectivity index (χ1v) is 14.5. The van der Waals surface area contributed by atoms with E-state index in [1.165, 1.54) is 11.1 Å². The topological polar surface area (TPSA) is 80.5 Å². The third-order valence-corrected chi connectivity index (χ3v) is 8.59. The smallest absolute Gasteiger partial charge is 0.230 e. The molecule has 2 aliphatic rings. The standard InChI is InChI=1S/C33H40N4O3/c1-23-19-28(14-18-32(23)40-3)26-10-7-25(8-11-26)21-37(33(39)27-12-16-31(38)17-13-27)30-6-4-5-24(20-30)9-15-29-22-36(2)35-34-29/h4-6,14,18-20,22,25-27,31,38H,7-8,10-13,16-17,21H2,1-3H3. The number of hydrogen-bond donors (Lipinski definition) is 1. The molecule has 0 spiro atoms. The average Bonchev–Trinajstić information content (AvgIpc) is 3.40. The molecule has 2 fully saturated rings. The van der Waals surface area contributed by atoms with Gasteiger partial charge in [0.05, 0.1) is 19.4 Å². The summed E-state index contributed by atoms with van der Waals surface area (Å²) in [6.07, 6.45) is 8.81. The van der Waals surface area contributed by atoms with E-state index < -0.39 is 0 Å². The fourth-order valence-corrected chi connectivity index (χ4v) is 6.25. The number of anilines is 1. The van der Waals surface area contributed by atoms with Crippen LogP contribution in [0.2, 0.25) is 0 Å². The van der Waals surface area contributed by atoms with E-state index in [4.69, 9.17) is 4.74 Å². The van der Waals surface area contributed by atoms with E-state index >= 15 is 0 Å². The van der Waals surface area contributed by atoms with E-state index in [1.54, 1.807) is 18.0 Å². The van der Waals surface area contributed by atoms with Crippen molar-refractivity contribution in [2.45, 2.75) is 70.3 Å². The normalized spacial score (nSPS) is 22.7. The number of nitrogens with zero attached hydrogens (tertiary/aromatic N) is 4. The molecule has 0 saturated heterocycles. The van der Waals surface area contributed by atoms with Crippen LogP contribution in [-0.2, 0) is 11.8 Å². The number of carbonyl (C=O) groups excluding carboxylic acids is 1. The number of aliphatic hydroxyl groups excluding tert-OH is 1. The Labute approximate surface area is 237 Å². The van der Waals surface area contributed by atoms with E-state index in [1.807, 2.05) is 36.2 Å². The van der Waals surface area contributed by atoms with Gasteiger partial charge in [-0.05, 0) is 111 Å². The highest BCUT2D eigenvalue weighted by molar-refractivity contribution is 5.95. The largest absolute Gasteiger partial charge is 0.496 e. The minimum atomic E-state index is -0.283. The van der Waals surface area contributed by atoms with Crippen molar-refractivity contribution in [1.82, 2.24) is 15.0 Å². The molecule has 1 heterocycles. The van der Waals surface area contributed by atoms with Crippen LogP contribution in [0.1, 0.15) is 79.7 Å². The number of carbonyl (C=O) groups is 1. The minimum Gasteiger partial charge on any atom is -0.496 e. The highest BCUT2D eigenvalue weighted by Gasteiger charge is 2.32. The van der Waals surface area contributed by atoms with Crippen LogP contribution in [0.15, 0.2) is 48.7 Å². The highest BCUT2D eigenvalue weighted by Crippen LogP contribution is 2.38. The summed E-state index contributed by atoms with van der Waals surface area (Å²) in [5, 5.41) is 18.0. The average molecular weight is 541 g/mol. The molecule has 0 atom stereocenters. The maximum Gasteiger partial charge on any atom is 0.230 e. The zero-order valence-electron chi connectivity index (χ0n) is 23.8. The second-order valence-electron chi connectivity index (χ2n) is 11.5. The second-order valence-corrected chi connectivity index (χ2v) is 11.5. The summed E-state index contributed by atoms with van der Waals surface area (Å²) in [5.74, 6) is 8.33. The van der Waals surface area contributed by atoms with Gasteiger partial charge in [0.25, 0.3) is 0 Å². The Balaban J connectivity index is 1.32. The lowest BCUT2D eigenvalue weighted by atomic mass is 9.78. The zero-order chi connectivity index (χ0) is 28.1. The fraction of sp³-hybridized carbons (Fsp3) is 0.485. The Hall–Kier alpha value is -3.63. The molecule has 2 aromatic carbocycles. The molecular formula is C33H40N4O3. The lowest BCUT2D eigenvalue weighted by molar-refractivity contribution is -0.124. The Morgan fingerprint density at radius 2 is 1.82 bits per heavy atom. The van der Waals surface area contributed by atoms with Gasteiger partial charge in [-0.1, -0.05) is 29.3 Å². The number of aryl methyl sites for hydroxylation is 2. The third-order valence-electron chi connectivity index (χ3n) is 8.59. The van der Waals surface area contributed by atoms with Crippen LogP contribution >= 0.6 is 0 Å². The number of methoxy groups -OCH3 is 1. The van der Waals surface area contributed by atoms with E-state index in [0.29, 0.717) is 36.9 Å². The van der Waals surface area contributed by atoms with Crippen LogP contribution in [0, 0.1) is 30.6 Å². The van der Waals surface area contributed by atoms with Crippen molar-refractivity contribution < 1.29 is 14.6 Å². The quantitative estimate of drug-likeness (QED) is 0.424. The van der Waals surface area contributed by atoms with Gasteiger partial charge in [-0.15, -0.1) is 5.10 Å². The van der Waals surface area contributed by atoms with Gasteiger partial charge in [0.15, 0.2) is 5.69 Å². The minimum absolute atomic E-state index is 0.0450. The van der Waals surface area contributed by atoms with Gasteiger partial charge in [-0.3, -0.25) is 9.48 Å². The maximum atomic E-state index is 13.9. The zero-order valence-corrected chi connectivity index (χ0v) is 23.8. The Bertz CT molecular complexity index is 1370. The first-order chi connectivity index (χ1) is 19.4. The number of ether oxygens (including phenoxy) is 1. The lowest BCUT2D eigenvalue weighted by Gasteiger charge is -2.36. The SMILES string of the molecule is COc1ccc(C2CCC(CN(C(=O)C3CCC(O)CC3)c3cccc(C#Cc4cn(C)nn4)c3)CC2)cc1C. The molecule has 1 aromatic heterocycles. The van der Waals surface area contributed by atoms with Gasteiger partial charge in [-0.25, -0.2) is 0 Å². The molecule has 3 aromatic rings. The number of hydrogen-bond acceptors (Lipinski definition) is 5. The molecule has 2 saturated carbocycles. The molecule has 0 radical (unpaired) electrons. The number of rotatable bonds is 6. The van der Waals surface area contributed by atoms with Gasteiger partial charge in [0.1, 0.15) is 5.75 Å². The summed E-state index contributed by atoms with van der Waals surface area (Å²) in [6.45, 7) is 2.82. The summed E-state index contributed by atoms with van der Waals surface area (Å²) in [5.41, 5.74) is 4.93. The summed E-state index contributed by atoms with van der Waals surface area (Å²) < 4.78 is 7.08. The summed E-state index contributed by atoms with van der Waals surface area (Å²) >= 11 is 0. The first-order valence-electron chi connectivity index (χ1n) is 14.5. The molecule has 210 valence electrons. The molecule has 2 aliphatic carbocycles. The van der Waals surface area contributed by atoms with E-state index in [-0.39, 0.29) is 17.9 Å². The molecule has 5 rings (SSSR count). The number of benzene rings is 2. The van der Waals surface area contributed by atoms with Crippen LogP contribution in [-0.4, -0.2) is 45.8 Å². The van der Waals surface area contributed by atoms with E-state index in [0.717, 1.165) is 55.5 Å². The molecule has 0 aliphatic heterocycles. The molecule has 1 amide bonds. The monoisotopic (exact) mass is 540 g/mol. The molecular weight excluding hydrogens is 500 g/mol. The summed E-state index contributed by atoms with van der Waals surface area (Å²) in [4.78, 5) is 15.9. The number of aliphatic hydroxyl groups is 1. The molecule has 0 unspecified atom stereocenters. The number of amides is 1. The van der Waals surface area contributed by atoms with Crippen molar-refractivity contribution in [2.75, 3.05) is 18.6 Å². The van der Waals surface area contributed by atoms with Gasteiger partial charge >= 0.3 is 0 Å². The van der Waals surface area contributed by atoms with Crippen molar-refractivity contribution in [1.29, 1.82) is 0 Å². The van der Waals surface area contributed by atoms with Gasteiger partial charge in [-0.2, -0.15) is 0 Å². The summed E-state index contributed by atoms with van der Waals surface area (Å²) in [6, 6.07) is 14.5. The lowest BCUT2D eigenvalue weighted by Crippen LogP contribution is -2.41. The predicted octanol–water partition coefficient (Wildman–Crippen LogP) is 5.39. The van der Waals surface area contributed by atoms with Crippen molar-refractivity contribution >= 4 is 11.6 Å². The van der Waals surface area contributed by atoms with Crippen molar-refractivity contribution in [3.8, 4) is 17.6 Å². The predicted molar refractivity (Wildman–Crippen MR) is 156 cm³/mol. The molecule has 7 nitrogen and oxygen atoms in total. The molecule has 7 heteroatoms. The van der Waals surface area contributed by atoms with Gasteiger partial charge in [0.2, 0.25) is 5.91 Å². The molecule has 40 heavy (non-hydrogen) atoms. The summed E-state index contributed by atoms with van der Waals surface area (Å²) in [7, 11) is 3.54. The maximum absolute atomic E-state index is 13.9. The first kappa shape index (κ1) is 27.9. The van der Waals surface area contributed by atoms with Crippen molar-refractivity contribution in [3.63, 3.8) is 0 Å². The molecule has 1 N–H and O–H groups in total. The van der Waals surface area contributed by atoms with E-state index in [2.05, 4.69) is 47.3 Å². The van der Waals surface area contributed by atoms with E-state index in [9.17, 15) is 9.90 Å². The van der Waals surface area contributed by atoms with Crippen LogP contribution in [0.4, 0.5) is 5.69 Å². The molecule has 0 bridgehead atoms. The fourth-order valence-electron chi connectivity index (χ4n) is 6.25. The van der Waals surface area contributed by atoms with Crippen LogP contribution in [0.3, 0.4) is 0 Å². The van der Waals surface area contributed by atoms with Gasteiger partial charge in [0, 0.05) is 30.8 Å². The Morgan fingerprint density at radius 1 is 1.05 bits per heavy atom.